The van der Waals surface area contributed by atoms with Gasteiger partial charge in [-0.05, 0) is 63.4 Å². The Morgan fingerprint density at radius 2 is 2.00 bits per heavy atom. The van der Waals surface area contributed by atoms with Crippen LogP contribution in [0.4, 0.5) is 0 Å². The fourth-order valence-electron chi connectivity index (χ4n) is 5.03. The van der Waals surface area contributed by atoms with Crippen LogP contribution in [0.25, 0.3) is 0 Å². The summed E-state index contributed by atoms with van der Waals surface area (Å²) in [6.07, 6.45) is 9.10. The van der Waals surface area contributed by atoms with Gasteiger partial charge >= 0.3 is 0 Å². The second-order valence-corrected chi connectivity index (χ2v) is 11.0. The zero-order valence-corrected chi connectivity index (χ0v) is 18.0. The standard InChI is InChI=1S/C20H32N4O4S/c1-29(27,28)23-11-3-10-20(26,14-23)13-21-16-6-8-17(9-7-16)24-19(25)12-15-4-2-5-18(15)22-24/h12,16-17,21,26H,2-11,13-14H2,1H3. The first kappa shape index (κ1) is 21.0. The van der Waals surface area contributed by atoms with Crippen LogP contribution in [0.3, 0.4) is 0 Å². The van der Waals surface area contributed by atoms with Crippen LogP contribution in [-0.4, -0.2) is 65.1 Å². The van der Waals surface area contributed by atoms with Gasteiger partial charge in [0.25, 0.3) is 5.56 Å². The van der Waals surface area contributed by atoms with Gasteiger partial charge in [-0.15, -0.1) is 0 Å². The third kappa shape index (κ3) is 4.73. The Balaban J connectivity index is 1.31. The highest BCUT2D eigenvalue weighted by Gasteiger charge is 2.37. The van der Waals surface area contributed by atoms with E-state index in [0.29, 0.717) is 25.9 Å². The van der Waals surface area contributed by atoms with Gasteiger partial charge < -0.3 is 10.4 Å². The molecule has 1 aromatic rings. The summed E-state index contributed by atoms with van der Waals surface area (Å²) in [5.74, 6) is 0. The van der Waals surface area contributed by atoms with Crippen molar-refractivity contribution in [3.05, 3.63) is 27.7 Å². The first-order valence-electron chi connectivity index (χ1n) is 10.8. The maximum atomic E-state index is 12.4. The van der Waals surface area contributed by atoms with Gasteiger partial charge in [-0.1, -0.05) is 0 Å². The first-order valence-corrected chi connectivity index (χ1v) is 12.6. The predicted molar refractivity (Wildman–Crippen MR) is 110 cm³/mol. The summed E-state index contributed by atoms with van der Waals surface area (Å²) in [5, 5.41) is 19.0. The number of nitrogens with one attached hydrogen (secondary N) is 1. The zero-order chi connectivity index (χ0) is 20.6. The third-order valence-corrected chi connectivity index (χ3v) is 7.98. The van der Waals surface area contributed by atoms with Gasteiger partial charge in [0.15, 0.2) is 0 Å². The monoisotopic (exact) mass is 424 g/mol. The Hall–Kier alpha value is -1.29. The summed E-state index contributed by atoms with van der Waals surface area (Å²) >= 11 is 0. The molecule has 1 saturated heterocycles. The van der Waals surface area contributed by atoms with Gasteiger partial charge in [-0.25, -0.2) is 13.1 Å². The van der Waals surface area contributed by atoms with Crippen molar-refractivity contribution < 1.29 is 13.5 Å². The van der Waals surface area contributed by atoms with E-state index in [4.69, 9.17) is 0 Å². The number of nitrogens with zero attached hydrogens (tertiary/aromatic N) is 3. The molecule has 1 aromatic heterocycles. The topological polar surface area (TPSA) is 105 Å². The second-order valence-electron chi connectivity index (χ2n) is 9.06. The van der Waals surface area contributed by atoms with Crippen LogP contribution >= 0.6 is 0 Å². The number of aliphatic hydroxyl groups is 1. The zero-order valence-electron chi connectivity index (χ0n) is 17.1. The smallest absolute Gasteiger partial charge is 0.267 e. The Kier molecular flexibility index (Phi) is 5.85. The van der Waals surface area contributed by atoms with Crippen LogP contribution in [0, 0.1) is 0 Å². The minimum absolute atomic E-state index is 0.0134. The van der Waals surface area contributed by atoms with E-state index in [1.807, 2.05) is 0 Å². The van der Waals surface area contributed by atoms with Gasteiger partial charge in [0, 0.05) is 31.7 Å². The summed E-state index contributed by atoms with van der Waals surface area (Å²) < 4.78 is 26.7. The van der Waals surface area contributed by atoms with Crippen molar-refractivity contribution in [1.82, 2.24) is 19.4 Å². The van der Waals surface area contributed by atoms with Gasteiger partial charge in [0.05, 0.1) is 23.6 Å². The quantitative estimate of drug-likeness (QED) is 0.717. The van der Waals surface area contributed by atoms with Gasteiger partial charge in [0.2, 0.25) is 10.0 Å². The molecule has 3 aliphatic rings. The van der Waals surface area contributed by atoms with Gasteiger partial charge in [-0.3, -0.25) is 4.79 Å². The van der Waals surface area contributed by atoms with Gasteiger partial charge in [-0.2, -0.15) is 9.40 Å². The van der Waals surface area contributed by atoms with E-state index in [0.717, 1.165) is 56.2 Å². The minimum Gasteiger partial charge on any atom is -0.387 e. The SMILES string of the molecule is CS(=O)(=O)N1CCCC(O)(CNC2CCC(n3nc4c(cc3=O)CCC4)CC2)C1. The number of aromatic nitrogens is 2. The van der Waals surface area contributed by atoms with Crippen molar-refractivity contribution in [3.63, 3.8) is 0 Å². The van der Waals surface area contributed by atoms with Crippen molar-refractivity contribution in [3.8, 4) is 0 Å². The molecule has 0 radical (unpaired) electrons. The van der Waals surface area contributed by atoms with E-state index in [1.54, 1.807) is 10.7 Å². The van der Waals surface area contributed by atoms with Crippen LogP contribution in [0.2, 0.25) is 0 Å². The Labute approximate surface area is 172 Å². The molecule has 162 valence electrons. The summed E-state index contributed by atoms with van der Waals surface area (Å²) in [6, 6.07) is 2.19. The number of hydrogen-bond acceptors (Lipinski definition) is 6. The minimum atomic E-state index is -3.28. The van der Waals surface area contributed by atoms with E-state index in [-0.39, 0.29) is 24.2 Å². The van der Waals surface area contributed by atoms with E-state index in [9.17, 15) is 18.3 Å². The molecule has 1 atom stereocenters. The molecule has 1 saturated carbocycles. The summed E-state index contributed by atoms with van der Waals surface area (Å²) in [4.78, 5) is 12.4. The molecule has 1 unspecified atom stereocenters. The first-order chi connectivity index (χ1) is 13.7. The lowest BCUT2D eigenvalue weighted by molar-refractivity contribution is -0.00964. The molecule has 29 heavy (non-hydrogen) atoms. The highest BCUT2D eigenvalue weighted by molar-refractivity contribution is 7.88. The Bertz CT molecular complexity index is 908. The molecule has 0 bridgehead atoms. The number of rotatable bonds is 5. The summed E-state index contributed by atoms with van der Waals surface area (Å²) in [5.41, 5.74) is 1.20. The maximum Gasteiger partial charge on any atom is 0.267 e. The van der Waals surface area contributed by atoms with Gasteiger partial charge in [0.1, 0.15) is 0 Å². The largest absolute Gasteiger partial charge is 0.387 e. The molecule has 0 amide bonds. The summed E-state index contributed by atoms with van der Waals surface area (Å²) in [6.45, 7) is 1.03. The van der Waals surface area contributed by atoms with Crippen LogP contribution < -0.4 is 10.9 Å². The normalized spacial score (nSPS) is 31.0. The molecule has 8 nitrogen and oxygen atoms in total. The average Bonchev–Trinajstić information content (AvgIpc) is 3.13. The summed E-state index contributed by atoms with van der Waals surface area (Å²) in [7, 11) is -3.28. The molecule has 1 aliphatic heterocycles. The van der Waals surface area contributed by atoms with E-state index in [1.165, 1.54) is 10.6 Å². The third-order valence-electron chi connectivity index (χ3n) is 6.73. The molecular formula is C20H32N4O4S. The van der Waals surface area contributed by atoms with Crippen molar-refractivity contribution >= 4 is 10.0 Å². The Morgan fingerprint density at radius 3 is 2.72 bits per heavy atom. The van der Waals surface area contributed by atoms with Crippen LogP contribution in [-0.2, 0) is 22.9 Å². The molecular weight excluding hydrogens is 392 g/mol. The molecule has 2 fully saturated rings. The fraction of sp³-hybridized carbons (Fsp3) is 0.800. The lowest BCUT2D eigenvalue weighted by atomic mass is 9.89. The van der Waals surface area contributed by atoms with Crippen molar-refractivity contribution in [2.45, 2.75) is 75.5 Å². The number of piperidine rings is 1. The van der Waals surface area contributed by atoms with Crippen molar-refractivity contribution in [2.75, 3.05) is 25.9 Å². The molecule has 9 heteroatoms. The molecule has 2 N–H and O–H groups in total. The molecule has 2 aliphatic carbocycles. The van der Waals surface area contributed by atoms with E-state index >= 15 is 0 Å². The maximum absolute atomic E-state index is 12.4. The van der Waals surface area contributed by atoms with E-state index < -0.39 is 15.6 Å². The highest BCUT2D eigenvalue weighted by Crippen LogP contribution is 2.29. The highest BCUT2D eigenvalue weighted by atomic mass is 32.2. The number of hydrogen-bond donors (Lipinski definition) is 2. The average molecular weight is 425 g/mol. The molecule has 0 spiro atoms. The van der Waals surface area contributed by atoms with Crippen molar-refractivity contribution in [2.24, 2.45) is 0 Å². The van der Waals surface area contributed by atoms with E-state index in [2.05, 4.69) is 10.4 Å². The molecule has 0 aromatic carbocycles. The lowest BCUT2D eigenvalue weighted by Gasteiger charge is -2.39. The Morgan fingerprint density at radius 1 is 1.24 bits per heavy atom. The molecule has 2 heterocycles. The number of sulfonamides is 1. The van der Waals surface area contributed by atoms with Crippen LogP contribution in [0.15, 0.2) is 10.9 Å². The lowest BCUT2D eigenvalue weighted by Crippen LogP contribution is -2.56. The molecule has 4 rings (SSSR count). The van der Waals surface area contributed by atoms with Crippen LogP contribution in [0.1, 0.15) is 62.2 Å². The fourth-order valence-corrected chi connectivity index (χ4v) is 5.97. The number of aryl methyl sites for hydroxylation is 2. The van der Waals surface area contributed by atoms with Crippen LogP contribution in [0.5, 0.6) is 0 Å². The predicted octanol–water partition coefficient (Wildman–Crippen LogP) is 0.592. The number of β-amino-alcohol motifs (C(OH)–C–C–N with tert-alkyl or cyclic N) is 1. The van der Waals surface area contributed by atoms with Crippen molar-refractivity contribution in [1.29, 1.82) is 0 Å². The second kappa shape index (κ2) is 8.09. The number of fused-ring (bicyclic) bond motifs is 1.